The molecule has 0 aromatic heterocycles. The summed E-state index contributed by atoms with van der Waals surface area (Å²) in [6, 6.07) is 6.37. The summed E-state index contributed by atoms with van der Waals surface area (Å²) in [5.41, 5.74) is 0.852. The van der Waals surface area contributed by atoms with Crippen molar-refractivity contribution in [1.29, 1.82) is 0 Å². The van der Waals surface area contributed by atoms with E-state index in [0.717, 1.165) is 44.6 Å². The number of benzene rings is 1. The maximum atomic E-state index is 12.4. The number of rotatable bonds is 6. The molecule has 6 heteroatoms. The second-order valence-electron chi connectivity index (χ2n) is 5.29. The van der Waals surface area contributed by atoms with Gasteiger partial charge in [0.1, 0.15) is 5.75 Å². The molecule has 1 aromatic rings. The first kappa shape index (κ1) is 16.8. The van der Waals surface area contributed by atoms with Gasteiger partial charge in [-0.1, -0.05) is 18.2 Å². The molecule has 0 amide bonds. The fourth-order valence-corrected chi connectivity index (χ4v) is 2.75. The molecule has 1 N–H and O–H groups in total. The summed E-state index contributed by atoms with van der Waals surface area (Å²) in [4.78, 5) is 2.30. The van der Waals surface area contributed by atoms with Gasteiger partial charge in [0, 0.05) is 32.2 Å². The van der Waals surface area contributed by atoms with Gasteiger partial charge in [-0.2, -0.15) is 0 Å². The average molecular weight is 314 g/mol. The van der Waals surface area contributed by atoms with E-state index in [9.17, 15) is 13.2 Å². The summed E-state index contributed by atoms with van der Waals surface area (Å²) in [5, 5.41) is 3.28. The second kappa shape index (κ2) is 7.65. The number of nitrogens with zero attached hydrogens (tertiary/aromatic N) is 1. The maximum Gasteiger partial charge on any atom is 0.573 e. The first-order valence-electron chi connectivity index (χ1n) is 7.41. The summed E-state index contributed by atoms with van der Waals surface area (Å²) in [7, 11) is 0. The highest BCUT2D eigenvalue weighted by atomic mass is 19.4. The molecule has 1 aliphatic heterocycles. The summed E-state index contributed by atoms with van der Waals surface area (Å²) >= 11 is 0. The van der Waals surface area contributed by atoms with Gasteiger partial charge in [0.15, 0.2) is 0 Å². The van der Waals surface area contributed by atoms with Gasteiger partial charge in [-0.25, -0.2) is 0 Å². The van der Waals surface area contributed by atoms with Crippen molar-refractivity contribution in [3.63, 3.8) is 0 Å². The van der Waals surface area contributed by atoms with Crippen LogP contribution >= 0.6 is 0 Å². The monoisotopic (exact) mass is 314 g/mol. The van der Waals surface area contributed by atoms with Crippen molar-refractivity contribution < 1.29 is 17.9 Å². The van der Waals surface area contributed by atoms with Crippen LogP contribution in [0.3, 0.4) is 0 Å². The third kappa shape index (κ3) is 5.03. The highest BCUT2D eigenvalue weighted by molar-refractivity contribution is 5.31. The molecule has 3 nitrogen and oxygen atoms in total. The molecule has 0 bridgehead atoms. The van der Waals surface area contributed by atoms with Gasteiger partial charge in [0.25, 0.3) is 0 Å². The van der Waals surface area contributed by atoms with E-state index < -0.39 is 6.36 Å². The number of halogens is 3. The Hall–Kier alpha value is -1.53. The minimum Gasteiger partial charge on any atom is -0.406 e. The lowest BCUT2D eigenvalue weighted by atomic mass is 9.99. The van der Waals surface area contributed by atoms with Crippen molar-refractivity contribution in [2.45, 2.75) is 25.2 Å². The summed E-state index contributed by atoms with van der Waals surface area (Å²) in [6.07, 6.45) is -1.17. The quantitative estimate of drug-likeness (QED) is 0.813. The van der Waals surface area contributed by atoms with Crippen molar-refractivity contribution in [1.82, 2.24) is 10.2 Å². The van der Waals surface area contributed by atoms with Gasteiger partial charge in [-0.15, -0.1) is 19.8 Å². The molecule has 1 heterocycles. The Morgan fingerprint density at radius 2 is 2.05 bits per heavy atom. The van der Waals surface area contributed by atoms with Crippen LogP contribution in [0.15, 0.2) is 36.9 Å². The Bertz CT molecular complexity index is 485. The first-order valence-corrected chi connectivity index (χ1v) is 7.41. The Labute approximate surface area is 128 Å². The second-order valence-corrected chi connectivity index (χ2v) is 5.29. The van der Waals surface area contributed by atoms with Crippen LogP contribution in [0, 0.1) is 0 Å². The molecule has 0 unspecified atom stereocenters. The third-order valence-electron chi connectivity index (χ3n) is 3.71. The van der Waals surface area contributed by atoms with E-state index >= 15 is 0 Å². The lowest BCUT2D eigenvalue weighted by Crippen LogP contribution is -2.45. The Kier molecular flexibility index (Phi) is 5.85. The van der Waals surface area contributed by atoms with E-state index in [-0.39, 0.29) is 11.8 Å². The summed E-state index contributed by atoms with van der Waals surface area (Å²) in [6.45, 7) is 7.28. The first-order chi connectivity index (χ1) is 10.5. The number of alkyl halides is 3. The zero-order valence-electron chi connectivity index (χ0n) is 12.4. The number of nitrogens with one attached hydrogen (secondary N) is 1. The average Bonchev–Trinajstić information content (AvgIpc) is 2.47. The smallest absolute Gasteiger partial charge is 0.406 e. The molecule has 1 aliphatic rings. The molecule has 2 rings (SSSR count). The predicted octanol–water partition coefficient (Wildman–Crippen LogP) is 3.50. The number of allylic oxidation sites excluding steroid dienone is 1. The van der Waals surface area contributed by atoms with E-state index in [1.165, 1.54) is 12.1 Å². The van der Waals surface area contributed by atoms with E-state index in [1.54, 1.807) is 6.07 Å². The highest BCUT2D eigenvalue weighted by Gasteiger charge is 2.31. The standard InChI is InChI=1S/C16H21F3N2O/c1-2-3-7-15(21-10-8-20-9-11-21)13-5-4-6-14(12-13)22-16(17,18)19/h2,4-6,12,15,20H,1,3,7-11H2/t15-/m1/s1. The topological polar surface area (TPSA) is 24.5 Å². The molecule has 122 valence electrons. The molecule has 1 aromatic carbocycles. The van der Waals surface area contributed by atoms with Crippen molar-refractivity contribution in [3.05, 3.63) is 42.5 Å². The van der Waals surface area contributed by atoms with Gasteiger partial charge < -0.3 is 10.1 Å². The van der Waals surface area contributed by atoms with E-state index in [2.05, 4.69) is 21.5 Å². The van der Waals surface area contributed by atoms with Crippen molar-refractivity contribution >= 4 is 0 Å². The minimum absolute atomic E-state index is 0.0804. The number of hydrogen-bond acceptors (Lipinski definition) is 3. The molecule has 1 saturated heterocycles. The van der Waals surface area contributed by atoms with Crippen molar-refractivity contribution in [3.8, 4) is 5.75 Å². The van der Waals surface area contributed by atoms with Crippen molar-refractivity contribution in [2.24, 2.45) is 0 Å². The highest BCUT2D eigenvalue weighted by Crippen LogP contribution is 2.30. The Morgan fingerprint density at radius 3 is 2.68 bits per heavy atom. The maximum absolute atomic E-state index is 12.4. The molecular formula is C16H21F3N2O. The largest absolute Gasteiger partial charge is 0.573 e. The lowest BCUT2D eigenvalue weighted by molar-refractivity contribution is -0.274. The Balaban J connectivity index is 2.18. The van der Waals surface area contributed by atoms with Crippen LogP contribution in [0.25, 0.3) is 0 Å². The number of piperazine rings is 1. The van der Waals surface area contributed by atoms with Crippen LogP contribution in [0.4, 0.5) is 13.2 Å². The van der Waals surface area contributed by atoms with Crippen LogP contribution in [0.1, 0.15) is 24.4 Å². The lowest BCUT2D eigenvalue weighted by Gasteiger charge is -2.35. The number of hydrogen-bond donors (Lipinski definition) is 1. The molecule has 1 atom stereocenters. The van der Waals surface area contributed by atoms with Gasteiger partial charge in [0.05, 0.1) is 0 Å². The molecule has 0 radical (unpaired) electrons. The predicted molar refractivity (Wildman–Crippen MR) is 79.7 cm³/mol. The SMILES string of the molecule is C=CCC[C@H](c1cccc(OC(F)(F)F)c1)N1CCNCC1. The van der Waals surface area contributed by atoms with E-state index in [4.69, 9.17) is 0 Å². The van der Waals surface area contributed by atoms with Crippen LogP contribution in [-0.2, 0) is 0 Å². The Morgan fingerprint density at radius 1 is 1.32 bits per heavy atom. The number of ether oxygens (including phenoxy) is 1. The van der Waals surface area contributed by atoms with Crippen LogP contribution < -0.4 is 10.1 Å². The zero-order valence-corrected chi connectivity index (χ0v) is 12.4. The van der Waals surface area contributed by atoms with Gasteiger partial charge in [0.2, 0.25) is 0 Å². The minimum atomic E-state index is -4.66. The molecule has 0 aliphatic carbocycles. The van der Waals surface area contributed by atoms with Crippen LogP contribution in [0.5, 0.6) is 5.75 Å². The van der Waals surface area contributed by atoms with Crippen LogP contribution in [-0.4, -0.2) is 37.4 Å². The van der Waals surface area contributed by atoms with Gasteiger partial charge >= 0.3 is 6.36 Å². The summed E-state index contributed by atoms with van der Waals surface area (Å²) in [5.74, 6) is -0.163. The fourth-order valence-electron chi connectivity index (χ4n) is 2.75. The third-order valence-corrected chi connectivity index (χ3v) is 3.71. The fraction of sp³-hybridized carbons (Fsp3) is 0.500. The van der Waals surface area contributed by atoms with Crippen LogP contribution in [0.2, 0.25) is 0 Å². The van der Waals surface area contributed by atoms with Gasteiger partial charge in [-0.3, -0.25) is 4.90 Å². The normalized spacial score (nSPS) is 18.0. The zero-order chi connectivity index (χ0) is 16.0. The molecule has 22 heavy (non-hydrogen) atoms. The molecular weight excluding hydrogens is 293 g/mol. The van der Waals surface area contributed by atoms with Crippen molar-refractivity contribution in [2.75, 3.05) is 26.2 Å². The molecule has 1 fully saturated rings. The van der Waals surface area contributed by atoms with Gasteiger partial charge in [-0.05, 0) is 30.5 Å². The summed E-state index contributed by atoms with van der Waals surface area (Å²) < 4.78 is 41.2. The molecule has 0 spiro atoms. The van der Waals surface area contributed by atoms with E-state index in [1.807, 2.05) is 12.1 Å². The molecule has 0 saturated carbocycles. The van der Waals surface area contributed by atoms with E-state index in [0.29, 0.717) is 0 Å².